The van der Waals surface area contributed by atoms with Crippen LogP contribution >= 0.6 is 0 Å². The first-order chi connectivity index (χ1) is 6.72. The topological polar surface area (TPSA) is 40.7 Å². The molecule has 3 heteroatoms. The van der Waals surface area contributed by atoms with Gasteiger partial charge in [0.1, 0.15) is 5.82 Å². The zero-order valence-corrected chi connectivity index (χ0v) is 9.43. The number of imidazole rings is 1. The molecule has 80 valence electrons. The van der Waals surface area contributed by atoms with Gasteiger partial charge in [0.05, 0.1) is 0 Å². The highest BCUT2D eigenvalue weighted by Crippen LogP contribution is 2.04. The van der Waals surface area contributed by atoms with Crippen LogP contribution in [0.1, 0.15) is 38.7 Å². The third kappa shape index (κ3) is 3.92. The fraction of sp³-hybridized carbons (Fsp3) is 0.727. The zero-order valence-electron chi connectivity index (χ0n) is 9.43. The van der Waals surface area contributed by atoms with Gasteiger partial charge in [0.25, 0.3) is 0 Å². The van der Waals surface area contributed by atoms with Crippen molar-refractivity contribution in [3.63, 3.8) is 0 Å². The summed E-state index contributed by atoms with van der Waals surface area (Å²) >= 11 is 0. The molecule has 0 amide bonds. The lowest BCUT2D eigenvalue weighted by molar-refractivity contribution is 0.621. The molecule has 0 fully saturated rings. The second-order valence-electron chi connectivity index (χ2n) is 4.13. The van der Waals surface area contributed by atoms with E-state index in [1.165, 1.54) is 12.1 Å². The summed E-state index contributed by atoms with van der Waals surface area (Å²) in [5, 5.41) is 3.35. The lowest BCUT2D eigenvalue weighted by Crippen LogP contribution is -2.14. The molecular weight excluding hydrogens is 174 g/mol. The fourth-order valence-electron chi connectivity index (χ4n) is 1.39. The van der Waals surface area contributed by atoms with Crippen molar-refractivity contribution in [2.24, 2.45) is 5.92 Å². The number of aromatic amines is 1. The Bertz CT molecular complexity index is 253. The summed E-state index contributed by atoms with van der Waals surface area (Å²) in [6.45, 7) is 8.55. The van der Waals surface area contributed by atoms with Crippen LogP contribution in [0.4, 0.5) is 0 Å². The molecule has 0 aliphatic heterocycles. The van der Waals surface area contributed by atoms with E-state index in [1.54, 1.807) is 0 Å². The molecule has 0 aromatic carbocycles. The summed E-state index contributed by atoms with van der Waals surface area (Å²) in [5.74, 6) is 1.77. The van der Waals surface area contributed by atoms with Crippen molar-refractivity contribution in [3.8, 4) is 0 Å². The maximum atomic E-state index is 4.34. The van der Waals surface area contributed by atoms with E-state index in [4.69, 9.17) is 0 Å². The van der Waals surface area contributed by atoms with Gasteiger partial charge >= 0.3 is 0 Å². The standard InChI is InChI=1S/C11H21N3/c1-4-5-12-7-10-8-13-11(14-10)6-9(2)3/h8-9,12H,4-7H2,1-3H3,(H,13,14). The summed E-state index contributed by atoms with van der Waals surface area (Å²) < 4.78 is 0. The minimum Gasteiger partial charge on any atom is -0.345 e. The van der Waals surface area contributed by atoms with Crippen molar-refractivity contribution in [1.29, 1.82) is 0 Å². The number of hydrogen-bond acceptors (Lipinski definition) is 2. The second-order valence-corrected chi connectivity index (χ2v) is 4.13. The number of H-pyrrole nitrogens is 1. The highest BCUT2D eigenvalue weighted by molar-refractivity contribution is 5.01. The summed E-state index contributed by atoms with van der Waals surface area (Å²) in [4.78, 5) is 7.67. The fourth-order valence-corrected chi connectivity index (χ4v) is 1.39. The molecule has 0 atom stereocenters. The molecule has 1 aromatic rings. The van der Waals surface area contributed by atoms with Crippen LogP contribution in [0, 0.1) is 5.92 Å². The third-order valence-corrected chi connectivity index (χ3v) is 2.02. The quantitative estimate of drug-likeness (QED) is 0.682. The molecular formula is C11H21N3. The normalized spacial score (nSPS) is 11.1. The predicted molar refractivity (Wildman–Crippen MR) is 59.1 cm³/mol. The van der Waals surface area contributed by atoms with Crippen molar-refractivity contribution in [2.75, 3.05) is 6.54 Å². The van der Waals surface area contributed by atoms with Crippen LogP contribution in [0.25, 0.3) is 0 Å². The van der Waals surface area contributed by atoms with Crippen molar-refractivity contribution in [2.45, 2.75) is 40.2 Å². The Kier molecular flexibility index (Phi) is 4.66. The van der Waals surface area contributed by atoms with Gasteiger partial charge in [0.2, 0.25) is 0 Å². The minimum atomic E-state index is 0.664. The Morgan fingerprint density at radius 1 is 1.50 bits per heavy atom. The third-order valence-electron chi connectivity index (χ3n) is 2.02. The number of hydrogen-bond donors (Lipinski definition) is 2. The van der Waals surface area contributed by atoms with Gasteiger partial charge in [-0.1, -0.05) is 20.8 Å². The molecule has 0 aliphatic carbocycles. The average molecular weight is 195 g/mol. The van der Waals surface area contributed by atoms with Gasteiger partial charge in [0.15, 0.2) is 0 Å². The van der Waals surface area contributed by atoms with E-state index in [-0.39, 0.29) is 0 Å². The summed E-state index contributed by atoms with van der Waals surface area (Å²) in [6, 6.07) is 0. The highest BCUT2D eigenvalue weighted by Gasteiger charge is 2.02. The van der Waals surface area contributed by atoms with E-state index in [0.29, 0.717) is 5.92 Å². The van der Waals surface area contributed by atoms with Crippen molar-refractivity contribution >= 4 is 0 Å². The number of nitrogens with zero attached hydrogens (tertiary/aromatic N) is 1. The Labute approximate surface area is 86.3 Å². The van der Waals surface area contributed by atoms with Crippen LogP contribution < -0.4 is 5.32 Å². The smallest absolute Gasteiger partial charge is 0.106 e. The number of rotatable bonds is 6. The van der Waals surface area contributed by atoms with Gasteiger partial charge in [0, 0.05) is 24.9 Å². The largest absolute Gasteiger partial charge is 0.345 e. The van der Waals surface area contributed by atoms with Crippen molar-refractivity contribution in [3.05, 3.63) is 17.7 Å². The van der Waals surface area contributed by atoms with Crippen LogP contribution in [0.5, 0.6) is 0 Å². The molecule has 0 unspecified atom stereocenters. The molecule has 2 N–H and O–H groups in total. The van der Waals surface area contributed by atoms with Gasteiger partial charge in [-0.3, -0.25) is 0 Å². The lowest BCUT2D eigenvalue weighted by atomic mass is 10.1. The molecule has 0 aliphatic rings. The molecule has 1 heterocycles. The molecule has 3 nitrogen and oxygen atoms in total. The van der Waals surface area contributed by atoms with Gasteiger partial charge in [-0.2, -0.15) is 0 Å². The minimum absolute atomic E-state index is 0.664. The van der Waals surface area contributed by atoms with Gasteiger partial charge < -0.3 is 10.3 Å². The number of aromatic nitrogens is 2. The average Bonchev–Trinajstić information content (AvgIpc) is 2.52. The Morgan fingerprint density at radius 3 is 2.93 bits per heavy atom. The van der Waals surface area contributed by atoms with Crippen LogP contribution in [-0.2, 0) is 13.0 Å². The van der Waals surface area contributed by atoms with E-state index in [2.05, 4.69) is 36.1 Å². The first-order valence-corrected chi connectivity index (χ1v) is 5.45. The number of nitrogens with one attached hydrogen (secondary N) is 2. The Morgan fingerprint density at radius 2 is 2.29 bits per heavy atom. The molecule has 0 bridgehead atoms. The van der Waals surface area contributed by atoms with E-state index in [9.17, 15) is 0 Å². The van der Waals surface area contributed by atoms with Crippen LogP contribution in [0.2, 0.25) is 0 Å². The van der Waals surface area contributed by atoms with Crippen molar-refractivity contribution < 1.29 is 0 Å². The van der Waals surface area contributed by atoms with Crippen molar-refractivity contribution in [1.82, 2.24) is 15.3 Å². The predicted octanol–water partition coefficient (Wildman–Crippen LogP) is 2.11. The SMILES string of the molecule is CCCNCc1cnc(CC(C)C)[nH]1. The molecule has 1 rings (SSSR count). The van der Waals surface area contributed by atoms with E-state index >= 15 is 0 Å². The summed E-state index contributed by atoms with van der Waals surface area (Å²) in [6.07, 6.45) is 4.14. The maximum Gasteiger partial charge on any atom is 0.106 e. The van der Waals surface area contributed by atoms with Crippen LogP contribution in [-0.4, -0.2) is 16.5 Å². The Balaban J connectivity index is 2.35. The molecule has 0 saturated carbocycles. The van der Waals surface area contributed by atoms with Crippen LogP contribution in [0.3, 0.4) is 0 Å². The zero-order chi connectivity index (χ0) is 10.4. The molecule has 0 saturated heterocycles. The van der Waals surface area contributed by atoms with Crippen LogP contribution in [0.15, 0.2) is 6.20 Å². The van der Waals surface area contributed by atoms with E-state index in [1.807, 2.05) is 6.20 Å². The van der Waals surface area contributed by atoms with E-state index in [0.717, 1.165) is 25.3 Å². The first kappa shape index (κ1) is 11.2. The Hall–Kier alpha value is -0.830. The summed E-state index contributed by atoms with van der Waals surface area (Å²) in [7, 11) is 0. The molecule has 0 radical (unpaired) electrons. The second kappa shape index (κ2) is 5.81. The first-order valence-electron chi connectivity index (χ1n) is 5.45. The van der Waals surface area contributed by atoms with Gasteiger partial charge in [-0.25, -0.2) is 4.98 Å². The molecule has 1 aromatic heterocycles. The summed E-state index contributed by atoms with van der Waals surface area (Å²) in [5.41, 5.74) is 1.19. The molecule has 14 heavy (non-hydrogen) atoms. The lowest BCUT2D eigenvalue weighted by Gasteiger charge is -2.01. The highest BCUT2D eigenvalue weighted by atomic mass is 15.0. The van der Waals surface area contributed by atoms with E-state index < -0.39 is 0 Å². The maximum absolute atomic E-state index is 4.34. The molecule has 0 spiro atoms. The van der Waals surface area contributed by atoms with Gasteiger partial charge in [-0.15, -0.1) is 0 Å². The van der Waals surface area contributed by atoms with Gasteiger partial charge in [-0.05, 0) is 18.9 Å². The monoisotopic (exact) mass is 195 g/mol.